The second-order valence-corrected chi connectivity index (χ2v) is 6.93. The maximum absolute atomic E-state index is 11.9. The van der Waals surface area contributed by atoms with E-state index in [0.717, 1.165) is 16.8 Å². The molecule has 2 aromatic heterocycles. The van der Waals surface area contributed by atoms with Gasteiger partial charge in [-0.3, -0.25) is 14.3 Å². The predicted octanol–water partition coefficient (Wildman–Crippen LogP) is 3.68. The minimum absolute atomic E-state index is 0.135. The van der Waals surface area contributed by atoms with Crippen molar-refractivity contribution in [2.75, 3.05) is 5.75 Å². The van der Waals surface area contributed by atoms with E-state index in [9.17, 15) is 4.79 Å². The van der Waals surface area contributed by atoms with E-state index in [1.165, 1.54) is 11.8 Å². The molecule has 7 heteroatoms. The van der Waals surface area contributed by atoms with Crippen LogP contribution in [0.15, 0.2) is 53.9 Å². The molecule has 26 heavy (non-hydrogen) atoms. The molecule has 2 heterocycles. The molecule has 0 N–H and O–H groups in total. The molecule has 0 bridgehead atoms. The van der Waals surface area contributed by atoms with E-state index in [2.05, 4.69) is 15.2 Å². The van der Waals surface area contributed by atoms with Crippen LogP contribution in [0.3, 0.4) is 0 Å². The third kappa shape index (κ3) is 4.11. The van der Waals surface area contributed by atoms with Crippen molar-refractivity contribution in [2.45, 2.75) is 32.0 Å². The van der Waals surface area contributed by atoms with Crippen LogP contribution in [-0.2, 0) is 9.53 Å². The summed E-state index contributed by atoms with van der Waals surface area (Å²) in [6, 6.07) is 11.8. The predicted molar refractivity (Wildman–Crippen MR) is 101 cm³/mol. The first-order valence-electron chi connectivity index (χ1n) is 8.30. The molecule has 0 atom stereocenters. The summed E-state index contributed by atoms with van der Waals surface area (Å²) in [4.78, 5) is 16.0. The van der Waals surface area contributed by atoms with Crippen molar-refractivity contribution in [2.24, 2.45) is 0 Å². The monoisotopic (exact) mass is 368 g/mol. The minimum Gasteiger partial charge on any atom is -0.462 e. The maximum Gasteiger partial charge on any atom is 0.316 e. The third-order valence-electron chi connectivity index (χ3n) is 3.61. The van der Waals surface area contributed by atoms with Crippen molar-refractivity contribution in [1.29, 1.82) is 0 Å². The Kier molecular flexibility index (Phi) is 5.68. The van der Waals surface area contributed by atoms with Gasteiger partial charge in [-0.05, 0) is 44.5 Å². The first-order valence-corrected chi connectivity index (χ1v) is 9.29. The molecule has 0 saturated heterocycles. The molecule has 1 aromatic carbocycles. The SMILES string of the molecule is Cc1ccccc1-n1c(SCC(=O)OC(C)C)nnc1-c1ccncc1. The lowest BCUT2D eigenvalue weighted by atomic mass is 10.2. The van der Waals surface area contributed by atoms with Crippen molar-refractivity contribution in [1.82, 2.24) is 19.7 Å². The van der Waals surface area contributed by atoms with Gasteiger partial charge in [-0.2, -0.15) is 0 Å². The van der Waals surface area contributed by atoms with Crippen molar-refractivity contribution in [3.05, 3.63) is 54.4 Å². The molecule has 0 aliphatic rings. The smallest absolute Gasteiger partial charge is 0.316 e. The molecule has 6 nitrogen and oxygen atoms in total. The number of para-hydroxylation sites is 1. The van der Waals surface area contributed by atoms with Crippen LogP contribution in [0.2, 0.25) is 0 Å². The number of nitrogens with zero attached hydrogens (tertiary/aromatic N) is 4. The Labute approximate surface area is 156 Å². The molecule has 0 unspecified atom stereocenters. The highest BCUT2D eigenvalue weighted by molar-refractivity contribution is 7.99. The number of carbonyl (C=O) groups is 1. The van der Waals surface area contributed by atoms with E-state index in [-0.39, 0.29) is 17.8 Å². The molecular weight excluding hydrogens is 348 g/mol. The summed E-state index contributed by atoms with van der Waals surface area (Å²) < 4.78 is 7.18. The van der Waals surface area contributed by atoms with Gasteiger partial charge >= 0.3 is 5.97 Å². The summed E-state index contributed by atoms with van der Waals surface area (Å²) in [5, 5.41) is 9.31. The fraction of sp³-hybridized carbons (Fsp3) is 0.263. The zero-order chi connectivity index (χ0) is 18.5. The van der Waals surface area contributed by atoms with Gasteiger partial charge in [0.2, 0.25) is 0 Å². The maximum atomic E-state index is 11.9. The highest BCUT2D eigenvalue weighted by atomic mass is 32.2. The molecule has 0 spiro atoms. The molecule has 134 valence electrons. The lowest BCUT2D eigenvalue weighted by Gasteiger charge is -2.13. The number of ether oxygens (including phenoxy) is 1. The summed E-state index contributed by atoms with van der Waals surface area (Å²) in [7, 11) is 0. The molecule has 0 aliphatic carbocycles. The van der Waals surface area contributed by atoms with Crippen molar-refractivity contribution in [3.8, 4) is 17.1 Å². The van der Waals surface area contributed by atoms with Crippen molar-refractivity contribution in [3.63, 3.8) is 0 Å². The van der Waals surface area contributed by atoms with E-state index in [1.54, 1.807) is 12.4 Å². The quantitative estimate of drug-likeness (QED) is 0.488. The Bertz CT molecular complexity index is 894. The number of aryl methyl sites for hydroxylation is 1. The van der Waals surface area contributed by atoms with Crippen LogP contribution < -0.4 is 0 Å². The second kappa shape index (κ2) is 8.14. The van der Waals surface area contributed by atoms with Crippen LogP contribution in [0.1, 0.15) is 19.4 Å². The second-order valence-electron chi connectivity index (χ2n) is 5.99. The Hall–Kier alpha value is -2.67. The summed E-state index contributed by atoms with van der Waals surface area (Å²) in [6.07, 6.45) is 3.31. The number of aromatic nitrogens is 4. The Balaban J connectivity index is 1.99. The van der Waals surface area contributed by atoms with Gasteiger partial charge in [0.25, 0.3) is 0 Å². The van der Waals surface area contributed by atoms with Gasteiger partial charge in [0, 0.05) is 18.0 Å². The molecule has 0 fully saturated rings. The topological polar surface area (TPSA) is 69.9 Å². The van der Waals surface area contributed by atoms with Crippen LogP contribution >= 0.6 is 11.8 Å². The van der Waals surface area contributed by atoms with Gasteiger partial charge in [-0.1, -0.05) is 30.0 Å². The number of hydrogen-bond donors (Lipinski definition) is 0. The Morgan fingerprint density at radius 2 is 1.88 bits per heavy atom. The standard InChI is InChI=1S/C19H20N4O2S/c1-13(2)25-17(24)12-26-19-22-21-18(15-8-10-20-11-9-15)23(19)16-7-5-4-6-14(16)3/h4-11,13H,12H2,1-3H3. The molecular formula is C19H20N4O2S. The van der Waals surface area contributed by atoms with Gasteiger partial charge in [0.05, 0.1) is 17.5 Å². The van der Waals surface area contributed by atoms with Gasteiger partial charge in [-0.15, -0.1) is 10.2 Å². The number of thioether (sulfide) groups is 1. The number of pyridine rings is 1. The van der Waals surface area contributed by atoms with Gasteiger partial charge in [0.1, 0.15) is 0 Å². The van der Waals surface area contributed by atoms with E-state index in [4.69, 9.17) is 4.74 Å². The fourth-order valence-electron chi connectivity index (χ4n) is 2.50. The molecule has 0 saturated carbocycles. The van der Waals surface area contributed by atoms with Crippen molar-refractivity contribution < 1.29 is 9.53 Å². The van der Waals surface area contributed by atoms with Gasteiger partial charge in [0.15, 0.2) is 11.0 Å². The first kappa shape index (κ1) is 18.1. The van der Waals surface area contributed by atoms with Crippen LogP contribution in [0.25, 0.3) is 17.1 Å². The van der Waals surface area contributed by atoms with E-state index in [1.807, 2.05) is 61.7 Å². The normalized spacial score (nSPS) is 10.9. The number of hydrogen-bond acceptors (Lipinski definition) is 6. The van der Waals surface area contributed by atoms with Crippen LogP contribution in [-0.4, -0.2) is 37.6 Å². The molecule has 3 aromatic rings. The number of rotatable bonds is 6. The fourth-order valence-corrected chi connectivity index (χ4v) is 3.23. The average molecular weight is 368 g/mol. The molecule has 0 radical (unpaired) electrons. The summed E-state index contributed by atoms with van der Waals surface area (Å²) in [5.41, 5.74) is 2.98. The van der Waals surface area contributed by atoms with Crippen molar-refractivity contribution >= 4 is 17.7 Å². The third-order valence-corrected chi connectivity index (χ3v) is 4.52. The molecule has 3 rings (SSSR count). The van der Waals surface area contributed by atoms with Crippen LogP contribution in [0.5, 0.6) is 0 Å². The Morgan fingerprint density at radius 3 is 2.58 bits per heavy atom. The molecule has 0 amide bonds. The average Bonchev–Trinajstić information content (AvgIpc) is 3.04. The summed E-state index contributed by atoms with van der Waals surface area (Å²) >= 11 is 1.32. The zero-order valence-electron chi connectivity index (χ0n) is 14.9. The number of esters is 1. The van der Waals surface area contributed by atoms with E-state index < -0.39 is 0 Å². The zero-order valence-corrected chi connectivity index (χ0v) is 15.7. The Morgan fingerprint density at radius 1 is 1.15 bits per heavy atom. The highest BCUT2D eigenvalue weighted by Gasteiger charge is 2.18. The van der Waals surface area contributed by atoms with Crippen LogP contribution in [0.4, 0.5) is 0 Å². The number of carbonyl (C=O) groups excluding carboxylic acids is 1. The lowest BCUT2D eigenvalue weighted by molar-refractivity contribution is -0.144. The summed E-state index contributed by atoms with van der Waals surface area (Å²) in [6.45, 7) is 5.70. The molecule has 0 aliphatic heterocycles. The number of benzene rings is 1. The first-order chi connectivity index (χ1) is 12.6. The van der Waals surface area contributed by atoms with E-state index in [0.29, 0.717) is 11.0 Å². The van der Waals surface area contributed by atoms with Gasteiger partial charge < -0.3 is 4.74 Å². The largest absolute Gasteiger partial charge is 0.462 e. The van der Waals surface area contributed by atoms with Gasteiger partial charge in [-0.25, -0.2) is 0 Å². The minimum atomic E-state index is -0.269. The highest BCUT2D eigenvalue weighted by Crippen LogP contribution is 2.29. The van der Waals surface area contributed by atoms with E-state index >= 15 is 0 Å². The summed E-state index contributed by atoms with van der Waals surface area (Å²) in [5.74, 6) is 0.620. The lowest BCUT2D eigenvalue weighted by Crippen LogP contribution is -2.13. The van der Waals surface area contributed by atoms with Crippen LogP contribution in [0, 0.1) is 6.92 Å².